The molecule has 0 radical (unpaired) electrons. The Bertz CT molecular complexity index is 3450. The zero-order valence-electron chi connectivity index (χ0n) is 31.0. The summed E-state index contributed by atoms with van der Waals surface area (Å²) in [7, 11) is 0. The van der Waals surface area contributed by atoms with Crippen LogP contribution in [0, 0.1) is 0 Å². The third kappa shape index (κ3) is 4.79. The van der Waals surface area contributed by atoms with E-state index in [0.717, 1.165) is 11.4 Å². The Morgan fingerprint density at radius 1 is 0.228 bits per heavy atom. The second-order valence-corrected chi connectivity index (χ2v) is 14.9. The van der Waals surface area contributed by atoms with E-state index in [2.05, 4.69) is 226 Å². The summed E-state index contributed by atoms with van der Waals surface area (Å²) in [5.74, 6) is 0. The minimum Gasteiger partial charge on any atom is -0.309 e. The van der Waals surface area contributed by atoms with Crippen molar-refractivity contribution in [3.8, 4) is 39.3 Å². The maximum absolute atomic E-state index is 2.44. The molecule has 0 saturated heterocycles. The minimum atomic E-state index is 1.14. The summed E-state index contributed by atoms with van der Waals surface area (Å²) >= 11 is 0. The van der Waals surface area contributed by atoms with Gasteiger partial charge in [0.2, 0.25) is 0 Å². The Morgan fingerprint density at radius 3 is 1.32 bits per heavy atom. The van der Waals surface area contributed by atoms with Crippen LogP contribution in [0.4, 0.5) is 0 Å². The molecule has 0 fully saturated rings. The molecule has 57 heavy (non-hydrogen) atoms. The number of fused-ring (bicyclic) bond motifs is 9. The summed E-state index contributed by atoms with van der Waals surface area (Å²) in [5, 5.41) is 7.49. The summed E-state index contributed by atoms with van der Waals surface area (Å²) in [6.07, 6.45) is 0. The van der Waals surface area contributed by atoms with Gasteiger partial charge >= 0.3 is 0 Å². The molecule has 0 saturated carbocycles. The first-order valence-corrected chi connectivity index (χ1v) is 19.6. The molecule has 3 heteroatoms. The molecular formula is C54H35N3. The van der Waals surface area contributed by atoms with Gasteiger partial charge in [-0.25, -0.2) is 0 Å². The van der Waals surface area contributed by atoms with Crippen LogP contribution >= 0.6 is 0 Å². The molecule has 0 aliphatic heterocycles. The lowest BCUT2D eigenvalue weighted by Gasteiger charge is -2.14. The molecule has 12 aromatic rings. The summed E-state index contributed by atoms with van der Waals surface area (Å²) in [6, 6.07) is 77.4. The van der Waals surface area contributed by atoms with Crippen LogP contribution in [0.15, 0.2) is 212 Å². The van der Waals surface area contributed by atoms with Gasteiger partial charge in [-0.2, -0.15) is 0 Å². The van der Waals surface area contributed by atoms with Crippen molar-refractivity contribution in [3.63, 3.8) is 0 Å². The lowest BCUT2D eigenvalue weighted by molar-refractivity contribution is 1.15. The Labute approximate surface area is 329 Å². The lowest BCUT2D eigenvalue weighted by Crippen LogP contribution is -1.98. The average molecular weight is 726 g/mol. The SMILES string of the molecule is c1ccc(-c2ccc(-n3c4ccccc4c4ccc(-n5c6ccccc6c6cc(-c7ccccc7-n7c8ccccc8c8ccccc87)ccc65)cc43)cc2)cc1. The number of hydrogen-bond acceptors (Lipinski definition) is 0. The quantitative estimate of drug-likeness (QED) is 0.168. The summed E-state index contributed by atoms with van der Waals surface area (Å²) < 4.78 is 7.28. The van der Waals surface area contributed by atoms with Gasteiger partial charge in [-0.3, -0.25) is 0 Å². The molecular weight excluding hydrogens is 691 g/mol. The first-order chi connectivity index (χ1) is 28.3. The van der Waals surface area contributed by atoms with Gasteiger partial charge in [0, 0.05) is 49.3 Å². The van der Waals surface area contributed by atoms with Gasteiger partial charge in [0.05, 0.1) is 38.8 Å². The predicted octanol–water partition coefficient (Wildman–Crippen LogP) is 14.3. The standard InChI is InChI=1S/C54H35N3/c1-2-14-36(15-3-1)37-26-29-39(30-27-37)55-49-22-10-5-19-44(49)46-32-31-40(35-54(46)55)56-50-23-11-8-20-45(50)47-34-38(28-33-53(47)56)41-16-4-9-21-48(41)57-51-24-12-6-17-42(51)43-18-7-13-25-52(43)57/h1-35H. The van der Waals surface area contributed by atoms with Crippen molar-refractivity contribution in [2.75, 3.05) is 0 Å². The first kappa shape index (κ1) is 31.7. The molecule has 9 aromatic carbocycles. The van der Waals surface area contributed by atoms with E-state index in [0.29, 0.717) is 0 Å². The fraction of sp³-hybridized carbons (Fsp3) is 0. The van der Waals surface area contributed by atoms with Crippen molar-refractivity contribution in [2.45, 2.75) is 0 Å². The highest BCUT2D eigenvalue weighted by Crippen LogP contribution is 2.41. The molecule has 12 rings (SSSR count). The van der Waals surface area contributed by atoms with Crippen molar-refractivity contribution in [2.24, 2.45) is 0 Å². The number of para-hydroxylation sites is 5. The van der Waals surface area contributed by atoms with Crippen molar-refractivity contribution in [1.29, 1.82) is 0 Å². The van der Waals surface area contributed by atoms with E-state index in [1.165, 1.54) is 93.4 Å². The number of hydrogen-bond donors (Lipinski definition) is 0. The monoisotopic (exact) mass is 725 g/mol. The molecule has 0 spiro atoms. The minimum absolute atomic E-state index is 1.14. The van der Waals surface area contributed by atoms with E-state index in [-0.39, 0.29) is 0 Å². The molecule has 3 aromatic heterocycles. The van der Waals surface area contributed by atoms with Gasteiger partial charge in [-0.1, -0.05) is 146 Å². The summed E-state index contributed by atoms with van der Waals surface area (Å²) in [6.45, 7) is 0. The molecule has 0 aliphatic rings. The van der Waals surface area contributed by atoms with Gasteiger partial charge in [0.25, 0.3) is 0 Å². The van der Waals surface area contributed by atoms with Crippen LogP contribution in [0.2, 0.25) is 0 Å². The maximum Gasteiger partial charge on any atom is 0.0561 e. The Morgan fingerprint density at radius 2 is 0.667 bits per heavy atom. The topological polar surface area (TPSA) is 14.8 Å². The summed E-state index contributed by atoms with van der Waals surface area (Å²) in [5.41, 5.74) is 15.5. The molecule has 0 N–H and O–H groups in total. The van der Waals surface area contributed by atoms with Gasteiger partial charge in [-0.05, 0) is 83.4 Å². The second-order valence-electron chi connectivity index (χ2n) is 14.9. The van der Waals surface area contributed by atoms with Crippen LogP contribution in [-0.4, -0.2) is 13.7 Å². The average Bonchev–Trinajstić information content (AvgIpc) is 3.92. The fourth-order valence-corrected chi connectivity index (χ4v) is 9.32. The van der Waals surface area contributed by atoms with Gasteiger partial charge < -0.3 is 13.7 Å². The van der Waals surface area contributed by atoms with Gasteiger partial charge in [0.1, 0.15) is 0 Å². The lowest BCUT2D eigenvalue weighted by atomic mass is 10.0. The van der Waals surface area contributed by atoms with E-state index in [1.54, 1.807) is 0 Å². The van der Waals surface area contributed by atoms with Crippen molar-refractivity contribution < 1.29 is 0 Å². The molecule has 266 valence electrons. The molecule has 0 aliphatic carbocycles. The number of benzene rings is 9. The fourth-order valence-electron chi connectivity index (χ4n) is 9.32. The van der Waals surface area contributed by atoms with Crippen molar-refractivity contribution in [3.05, 3.63) is 212 Å². The highest BCUT2D eigenvalue weighted by atomic mass is 15.0. The first-order valence-electron chi connectivity index (χ1n) is 19.6. The van der Waals surface area contributed by atoms with E-state index in [4.69, 9.17) is 0 Å². The number of aromatic nitrogens is 3. The maximum atomic E-state index is 2.44. The smallest absolute Gasteiger partial charge is 0.0561 e. The number of nitrogens with zero attached hydrogens (tertiary/aromatic N) is 3. The zero-order chi connectivity index (χ0) is 37.5. The van der Waals surface area contributed by atoms with Gasteiger partial charge in [-0.15, -0.1) is 0 Å². The highest BCUT2D eigenvalue weighted by Gasteiger charge is 2.19. The normalized spacial score (nSPS) is 11.9. The molecule has 0 atom stereocenters. The zero-order valence-corrected chi connectivity index (χ0v) is 31.0. The Hall–Kier alpha value is -7.62. The second kappa shape index (κ2) is 12.5. The molecule has 0 unspecified atom stereocenters. The van der Waals surface area contributed by atoms with E-state index < -0.39 is 0 Å². The Kier molecular flexibility index (Phi) is 6.93. The van der Waals surface area contributed by atoms with Crippen molar-refractivity contribution in [1.82, 2.24) is 13.7 Å². The van der Waals surface area contributed by atoms with Crippen LogP contribution in [0.5, 0.6) is 0 Å². The third-order valence-electron chi connectivity index (χ3n) is 11.9. The van der Waals surface area contributed by atoms with Gasteiger partial charge in [0.15, 0.2) is 0 Å². The van der Waals surface area contributed by atoms with Crippen LogP contribution in [0.25, 0.3) is 105 Å². The largest absolute Gasteiger partial charge is 0.309 e. The van der Waals surface area contributed by atoms with Crippen molar-refractivity contribution >= 4 is 65.4 Å². The van der Waals surface area contributed by atoms with Crippen LogP contribution < -0.4 is 0 Å². The highest BCUT2D eigenvalue weighted by molar-refractivity contribution is 6.13. The summed E-state index contributed by atoms with van der Waals surface area (Å²) in [4.78, 5) is 0. The van der Waals surface area contributed by atoms with E-state index in [9.17, 15) is 0 Å². The number of rotatable bonds is 5. The van der Waals surface area contributed by atoms with E-state index >= 15 is 0 Å². The predicted molar refractivity (Wildman–Crippen MR) is 240 cm³/mol. The molecule has 0 bridgehead atoms. The van der Waals surface area contributed by atoms with Crippen LogP contribution in [0.3, 0.4) is 0 Å². The van der Waals surface area contributed by atoms with E-state index in [1.807, 2.05) is 0 Å². The Balaban J connectivity index is 1.04. The third-order valence-corrected chi connectivity index (χ3v) is 11.9. The van der Waals surface area contributed by atoms with Crippen LogP contribution in [-0.2, 0) is 0 Å². The molecule has 3 nitrogen and oxygen atoms in total. The molecule has 3 heterocycles. The molecule has 0 amide bonds. The van der Waals surface area contributed by atoms with Crippen LogP contribution in [0.1, 0.15) is 0 Å².